The zero-order valence-electron chi connectivity index (χ0n) is 13.4. The Balaban J connectivity index is 1.82. The average Bonchev–Trinajstić information content (AvgIpc) is 2.98. The van der Waals surface area contributed by atoms with Crippen LogP contribution in [0.1, 0.15) is 12.5 Å². The van der Waals surface area contributed by atoms with Crippen LogP contribution in [0.2, 0.25) is 0 Å². The lowest BCUT2D eigenvalue weighted by atomic mass is 10.2. The van der Waals surface area contributed by atoms with E-state index in [1.165, 1.54) is 0 Å². The summed E-state index contributed by atoms with van der Waals surface area (Å²) in [7, 11) is 0. The molecule has 0 aliphatic heterocycles. The van der Waals surface area contributed by atoms with Gasteiger partial charge in [0.15, 0.2) is 5.82 Å². The highest BCUT2D eigenvalue weighted by atomic mass is 79.9. The van der Waals surface area contributed by atoms with E-state index in [1.54, 1.807) is 10.9 Å². The van der Waals surface area contributed by atoms with Gasteiger partial charge in [-0.05, 0) is 49.5 Å². The van der Waals surface area contributed by atoms with Crippen LogP contribution in [-0.4, -0.2) is 27.7 Å². The Labute approximate surface area is 158 Å². The smallest absolute Gasteiger partial charge is 0.216 e. The van der Waals surface area contributed by atoms with Gasteiger partial charge in [-0.1, -0.05) is 34.1 Å². The van der Waals surface area contributed by atoms with Gasteiger partial charge in [0, 0.05) is 15.6 Å². The van der Waals surface area contributed by atoms with Crippen molar-refractivity contribution in [1.82, 2.24) is 14.9 Å². The fraction of sp³-hybridized carbons (Fsp3) is 0.118. The molecule has 2 N–H and O–H groups in total. The second kappa shape index (κ2) is 8.09. The van der Waals surface area contributed by atoms with Crippen molar-refractivity contribution in [3.63, 3.8) is 0 Å². The largest absolute Gasteiger partial charge is 0.494 e. The Morgan fingerprint density at radius 3 is 2.76 bits per heavy atom. The summed E-state index contributed by atoms with van der Waals surface area (Å²) < 4.78 is 8.45. The van der Waals surface area contributed by atoms with Gasteiger partial charge in [0.25, 0.3) is 0 Å². The zero-order valence-corrected chi connectivity index (χ0v) is 15.8. The standard InChI is InChI=1S/C17H16BrN5OS/c1-2-24-14-9-7-12(8-10-14)16-20-21-17(25)23(16)22-19-11-13-5-3-4-6-15(13)18/h3-11,22H,2H2,1H3,(H,21,25). The molecule has 0 aliphatic carbocycles. The van der Waals surface area contributed by atoms with E-state index in [2.05, 4.69) is 36.8 Å². The molecule has 2 aromatic carbocycles. The molecule has 8 heteroatoms. The summed E-state index contributed by atoms with van der Waals surface area (Å²) >= 11 is 8.75. The van der Waals surface area contributed by atoms with Crippen LogP contribution in [0.15, 0.2) is 58.1 Å². The van der Waals surface area contributed by atoms with Crippen molar-refractivity contribution in [3.05, 3.63) is 63.3 Å². The van der Waals surface area contributed by atoms with Crippen LogP contribution in [0.3, 0.4) is 0 Å². The molecule has 1 heterocycles. The van der Waals surface area contributed by atoms with Crippen LogP contribution in [0.5, 0.6) is 5.75 Å². The highest BCUT2D eigenvalue weighted by molar-refractivity contribution is 9.10. The quantitative estimate of drug-likeness (QED) is 0.355. The highest BCUT2D eigenvalue weighted by Gasteiger charge is 2.08. The molecule has 0 saturated carbocycles. The minimum Gasteiger partial charge on any atom is -0.494 e. The number of rotatable bonds is 6. The van der Waals surface area contributed by atoms with Gasteiger partial charge >= 0.3 is 0 Å². The van der Waals surface area contributed by atoms with Gasteiger partial charge in [-0.25, -0.2) is 10.6 Å². The van der Waals surface area contributed by atoms with Gasteiger partial charge in [-0.2, -0.15) is 14.9 Å². The van der Waals surface area contributed by atoms with Crippen molar-refractivity contribution < 1.29 is 4.74 Å². The van der Waals surface area contributed by atoms with Gasteiger partial charge in [-0.15, -0.1) is 0 Å². The predicted molar refractivity (Wildman–Crippen MR) is 105 cm³/mol. The van der Waals surface area contributed by atoms with Crippen molar-refractivity contribution in [1.29, 1.82) is 0 Å². The summed E-state index contributed by atoms with van der Waals surface area (Å²) in [5.41, 5.74) is 4.75. The monoisotopic (exact) mass is 417 g/mol. The van der Waals surface area contributed by atoms with Crippen LogP contribution in [0, 0.1) is 4.77 Å². The lowest BCUT2D eigenvalue weighted by molar-refractivity contribution is 0.340. The molecule has 128 valence electrons. The molecule has 0 fully saturated rings. The summed E-state index contributed by atoms with van der Waals surface area (Å²) in [6, 6.07) is 15.4. The summed E-state index contributed by atoms with van der Waals surface area (Å²) in [6.45, 7) is 2.58. The summed E-state index contributed by atoms with van der Waals surface area (Å²) in [5, 5.41) is 11.3. The number of hydrazone groups is 1. The number of ether oxygens (including phenoxy) is 1. The van der Waals surface area contributed by atoms with E-state index in [9.17, 15) is 0 Å². The molecule has 3 aromatic rings. The minimum absolute atomic E-state index is 0.424. The molecule has 0 spiro atoms. The lowest BCUT2D eigenvalue weighted by Gasteiger charge is -2.07. The zero-order chi connectivity index (χ0) is 17.6. The number of aromatic amines is 1. The van der Waals surface area contributed by atoms with Crippen molar-refractivity contribution in [2.45, 2.75) is 6.92 Å². The van der Waals surface area contributed by atoms with Gasteiger partial charge in [0.05, 0.1) is 12.8 Å². The molecule has 0 aliphatic rings. The van der Waals surface area contributed by atoms with Crippen LogP contribution in [-0.2, 0) is 0 Å². The van der Waals surface area contributed by atoms with E-state index in [0.29, 0.717) is 17.2 Å². The summed E-state index contributed by atoms with van der Waals surface area (Å²) in [5.74, 6) is 1.45. The first kappa shape index (κ1) is 17.4. The van der Waals surface area contributed by atoms with Gasteiger partial charge in [-0.3, -0.25) is 0 Å². The normalized spacial score (nSPS) is 11.0. The Bertz CT molecular complexity index is 933. The molecule has 0 unspecified atom stereocenters. The topological polar surface area (TPSA) is 67.2 Å². The highest BCUT2D eigenvalue weighted by Crippen LogP contribution is 2.20. The second-order valence-electron chi connectivity index (χ2n) is 5.02. The number of hydrogen-bond acceptors (Lipinski definition) is 5. The van der Waals surface area contributed by atoms with E-state index in [4.69, 9.17) is 17.0 Å². The van der Waals surface area contributed by atoms with E-state index in [1.807, 2.05) is 55.5 Å². The van der Waals surface area contributed by atoms with Crippen LogP contribution < -0.4 is 10.3 Å². The number of H-pyrrole nitrogens is 1. The second-order valence-corrected chi connectivity index (χ2v) is 6.27. The minimum atomic E-state index is 0.424. The van der Waals surface area contributed by atoms with Crippen LogP contribution >= 0.6 is 28.1 Å². The third kappa shape index (κ3) is 4.15. The maximum Gasteiger partial charge on any atom is 0.216 e. The first-order valence-electron chi connectivity index (χ1n) is 7.63. The van der Waals surface area contributed by atoms with E-state index >= 15 is 0 Å². The fourth-order valence-electron chi connectivity index (χ4n) is 2.19. The van der Waals surface area contributed by atoms with Crippen molar-refractivity contribution in [3.8, 4) is 17.1 Å². The third-order valence-corrected chi connectivity index (χ3v) is 4.36. The molecule has 0 radical (unpaired) electrons. The number of benzene rings is 2. The molecular formula is C17H16BrN5OS. The molecule has 0 atom stereocenters. The maximum atomic E-state index is 5.46. The molecule has 3 rings (SSSR count). The molecule has 0 amide bonds. The maximum absolute atomic E-state index is 5.46. The van der Waals surface area contributed by atoms with Crippen LogP contribution in [0.4, 0.5) is 0 Å². The SMILES string of the molecule is CCOc1ccc(-c2n[nH]c(=S)n2NN=Cc2ccccc2Br)cc1. The van der Waals surface area contributed by atoms with E-state index in [-0.39, 0.29) is 0 Å². The average molecular weight is 418 g/mol. The number of halogens is 1. The van der Waals surface area contributed by atoms with Gasteiger partial charge in [0.1, 0.15) is 5.75 Å². The Morgan fingerprint density at radius 1 is 1.28 bits per heavy atom. The van der Waals surface area contributed by atoms with E-state index in [0.717, 1.165) is 21.3 Å². The van der Waals surface area contributed by atoms with Crippen molar-refractivity contribution in [2.24, 2.45) is 5.10 Å². The molecule has 1 aromatic heterocycles. The first-order chi connectivity index (χ1) is 12.2. The van der Waals surface area contributed by atoms with E-state index < -0.39 is 0 Å². The van der Waals surface area contributed by atoms with Crippen LogP contribution in [0.25, 0.3) is 11.4 Å². The lowest BCUT2D eigenvalue weighted by Crippen LogP contribution is -2.10. The third-order valence-electron chi connectivity index (χ3n) is 3.36. The summed E-state index contributed by atoms with van der Waals surface area (Å²) in [4.78, 5) is 0. The molecular weight excluding hydrogens is 402 g/mol. The predicted octanol–water partition coefficient (Wildman–Crippen LogP) is 4.35. The Kier molecular flexibility index (Phi) is 5.62. The number of hydrogen-bond donors (Lipinski definition) is 2. The molecule has 6 nitrogen and oxygen atoms in total. The first-order valence-corrected chi connectivity index (χ1v) is 8.83. The van der Waals surface area contributed by atoms with Gasteiger partial charge in [0.2, 0.25) is 4.77 Å². The van der Waals surface area contributed by atoms with Crippen molar-refractivity contribution >= 4 is 34.4 Å². The number of nitrogens with zero attached hydrogens (tertiary/aromatic N) is 3. The molecule has 0 bridgehead atoms. The Morgan fingerprint density at radius 2 is 2.04 bits per heavy atom. The molecule has 0 saturated heterocycles. The number of aromatic nitrogens is 3. The fourth-order valence-corrected chi connectivity index (χ4v) is 2.75. The summed E-state index contributed by atoms with van der Waals surface area (Å²) in [6.07, 6.45) is 1.71. The Hall–Kier alpha value is -2.45. The van der Waals surface area contributed by atoms with Gasteiger partial charge < -0.3 is 4.74 Å². The van der Waals surface area contributed by atoms with Crippen molar-refractivity contribution in [2.75, 3.05) is 12.1 Å². The number of nitrogens with one attached hydrogen (secondary N) is 2. The molecule has 25 heavy (non-hydrogen) atoms.